The second-order valence-electron chi connectivity index (χ2n) is 12.2. The maximum Gasteiger partial charge on any atom is 0.276 e. The van der Waals surface area contributed by atoms with Crippen LogP contribution in [0.2, 0.25) is 0 Å². The van der Waals surface area contributed by atoms with Crippen molar-refractivity contribution >= 4 is 28.2 Å². The Balaban J connectivity index is 1.40. The van der Waals surface area contributed by atoms with Crippen LogP contribution in [-0.2, 0) is 11.8 Å². The van der Waals surface area contributed by atoms with Crippen molar-refractivity contribution in [3.8, 4) is 11.5 Å². The number of methoxy groups -OCH3 is 1. The number of benzene rings is 2. The summed E-state index contributed by atoms with van der Waals surface area (Å²) in [5.41, 5.74) is 3.79. The number of hydrogen-bond donors (Lipinski definition) is 1. The summed E-state index contributed by atoms with van der Waals surface area (Å²) in [5, 5.41) is 18.4. The predicted octanol–water partition coefficient (Wildman–Crippen LogP) is 5.43. The second-order valence-corrected chi connectivity index (χ2v) is 13.2. The molecule has 4 aromatic rings. The molecule has 3 atom stereocenters. The highest BCUT2D eigenvalue weighted by Crippen LogP contribution is 2.58. The SMILES string of the molecule is COc1cc(/C=c2/sc3nnc(C(=O)[C@]4(C)CCC[C@]5(C)c6ccc(C(C)C)cc6CC[C@@H]45)n3c2=O)ccc1O. The van der Waals surface area contributed by atoms with Gasteiger partial charge in [0.05, 0.1) is 11.6 Å². The summed E-state index contributed by atoms with van der Waals surface area (Å²) >= 11 is 1.20. The summed E-state index contributed by atoms with van der Waals surface area (Å²) in [5.74, 6) is 1.02. The van der Waals surface area contributed by atoms with Crippen LogP contribution in [0.5, 0.6) is 11.5 Å². The lowest BCUT2D eigenvalue weighted by Gasteiger charge is -2.54. The van der Waals surface area contributed by atoms with Gasteiger partial charge in [-0.2, -0.15) is 0 Å². The number of Topliss-reactive ketones (excluding diaryl/α,β-unsaturated/α-hetero) is 1. The molecule has 0 radical (unpaired) electrons. The molecule has 2 heterocycles. The van der Waals surface area contributed by atoms with E-state index >= 15 is 0 Å². The van der Waals surface area contributed by atoms with Crippen LogP contribution in [0.25, 0.3) is 11.0 Å². The molecule has 0 bridgehead atoms. The van der Waals surface area contributed by atoms with Crippen LogP contribution >= 0.6 is 11.3 Å². The van der Waals surface area contributed by atoms with Crippen molar-refractivity contribution in [2.75, 3.05) is 7.11 Å². The number of ether oxygens (including phenoxy) is 1. The van der Waals surface area contributed by atoms with Crippen molar-refractivity contribution in [3.05, 3.63) is 79.4 Å². The topological polar surface area (TPSA) is 93.8 Å². The van der Waals surface area contributed by atoms with Crippen LogP contribution in [0, 0.1) is 11.3 Å². The van der Waals surface area contributed by atoms with Crippen LogP contribution in [0.3, 0.4) is 0 Å². The zero-order valence-electron chi connectivity index (χ0n) is 23.7. The first-order valence-electron chi connectivity index (χ1n) is 14.0. The van der Waals surface area contributed by atoms with E-state index < -0.39 is 5.41 Å². The second kappa shape index (κ2) is 9.54. The van der Waals surface area contributed by atoms with E-state index in [-0.39, 0.29) is 34.2 Å². The fourth-order valence-corrected chi connectivity index (χ4v) is 8.26. The maximum atomic E-state index is 14.4. The van der Waals surface area contributed by atoms with Gasteiger partial charge in [0.15, 0.2) is 11.5 Å². The van der Waals surface area contributed by atoms with Crippen molar-refractivity contribution in [2.24, 2.45) is 11.3 Å². The van der Waals surface area contributed by atoms with E-state index in [4.69, 9.17) is 4.74 Å². The number of aromatic hydroxyl groups is 1. The van der Waals surface area contributed by atoms with Crippen molar-refractivity contribution in [2.45, 2.75) is 71.1 Å². The van der Waals surface area contributed by atoms with Crippen molar-refractivity contribution in [1.82, 2.24) is 14.6 Å². The zero-order chi connectivity index (χ0) is 28.4. The van der Waals surface area contributed by atoms with E-state index in [0.717, 1.165) is 32.1 Å². The predicted molar refractivity (Wildman–Crippen MR) is 157 cm³/mol. The van der Waals surface area contributed by atoms with Gasteiger partial charge < -0.3 is 9.84 Å². The quantitative estimate of drug-likeness (QED) is 0.329. The minimum atomic E-state index is -0.646. The Bertz CT molecular complexity index is 1760. The molecule has 7 nitrogen and oxygen atoms in total. The highest BCUT2D eigenvalue weighted by molar-refractivity contribution is 7.15. The fraction of sp³-hybridized carbons (Fsp3) is 0.438. The molecule has 6 rings (SSSR count). The van der Waals surface area contributed by atoms with Gasteiger partial charge in [-0.05, 0) is 83.4 Å². The number of hydrogen-bond acceptors (Lipinski definition) is 7. The van der Waals surface area contributed by atoms with E-state index in [1.165, 1.54) is 45.6 Å². The summed E-state index contributed by atoms with van der Waals surface area (Å²) in [6.07, 6.45) is 6.37. The van der Waals surface area contributed by atoms with Crippen LogP contribution in [0.4, 0.5) is 0 Å². The van der Waals surface area contributed by atoms with Gasteiger partial charge in [0.2, 0.25) is 16.6 Å². The van der Waals surface area contributed by atoms with Gasteiger partial charge in [0.1, 0.15) is 0 Å². The number of fused-ring (bicyclic) bond motifs is 4. The Morgan fingerprint density at radius 2 is 1.98 bits per heavy atom. The molecule has 2 aliphatic rings. The average molecular weight is 558 g/mol. The van der Waals surface area contributed by atoms with Crippen molar-refractivity contribution in [3.63, 3.8) is 0 Å². The first-order valence-corrected chi connectivity index (χ1v) is 14.8. The Kier molecular flexibility index (Phi) is 6.37. The van der Waals surface area contributed by atoms with Gasteiger partial charge in [-0.1, -0.05) is 69.7 Å². The number of ketones is 1. The Morgan fingerprint density at radius 1 is 1.18 bits per heavy atom. The molecule has 0 saturated heterocycles. The van der Waals surface area contributed by atoms with Crippen LogP contribution in [0.15, 0.2) is 41.2 Å². The number of nitrogens with zero attached hydrogens (tertiary/aromatic N) is 3. The van der Waals surface area contributed by atoms with E-state index in [1.54, 1.807) is 18.2 Å². The summed E-state index contributed by atoms with van der Waals surface area (Å²) < 4.78 is 7.03. The van der Waals surface area contributed by atoms with Gasteiger partial charge in [-0.15, -0.1) is 10.2 Å². The fourth-order valence-electron chi connectivity index (χ4n) is 7.34. The highest BCUT2D eigenvalue weighted by Gasteiger charge is 2.55. The molecule has 0 amide bonds. The molecule has 1 saturated carbocycles. The van der Waals surface area contributed by atoms with E-state index in [0.29, 0.717) is 26.7 Å². The molecule has 1 fully saturated rings. The summed E-state index contributed by atoms with van der Waals surface area (Å²) in [6.45, 7) is 8.87. The average Bonchev–Trinajstić information content (AvgIpc) is 3.48. The molecule has 208 valence electrons. The number of rotatable bonds is 5. The lowest BCUT2D eigenvalue weighted by molar-refractivity contribution is 0.0235. The number of aryl methyl sites for hydroxylation is 1. The molecule has 0 spiro atoms. The highest BCUT2D eigenvalue weighted by atomic mass is 32.1. The van der Waals surface area contributed by atoms with Gasteiger partial charge in [0, 0.05) is 5.41 Å². The number of aromatic nitrogens is 3. The molecule has 0 aliphatic heterocycles. The van der Waals surface area contributed by atoms with Gasteiger partial charge in [0.25, 0.3) is 5.56 Å². The first kappa shape index (κ1) is 26.7. The molecular formula is C32H35N3O4S. The molecule has 2 aromatic carbocycles. The normalized spacial score (nSPS) is 24.8. The number of phenols is 1. The lowest BCUT2D eigenvalue weighted by atomic mass is 9.48. The zero-order valence-corrected chi connectivity index (χ0v) is 24.5. The number of thiazole rings is 1. The van der Waals surface area contributed by atoms with E-state index in [2.05, 4.69) is 56.1 Å². The van der Waals surface area contributed by atoms with E-state index in [1.807, 2.05) is 0 Å². The smallest absolute Gasteiger partial charge is 0.276 e. The third-order valence-electron chi connectivity index (χ3n) is 9.52. The lowest BCUT2D eigenvalue weighted by Crippen LogP contribution is -2.52. The third kappa shape index (κ3) is 3.99. The summed E-state index contributed by atoms with van der Waals surface area (Å²) in [6, 6.07) is 11.8. The van der Waals surface area contributed by atoms with Crippen LogP contribution in [-0.4, -0.2) is 32.6 Å². The standard InChI is InChI=1S/C32H35N3O4S/c1-18(2)20-8-10-22-21(17-20)9-12-26-31(22,3)13-6-14-32(26,4)27(37)28-33-34-30-35(28)29(38)25(40-30)16-19-7-11-23(36)24(15-19)39-5/h7-8,10-11,15-18,26,36H,6,9,12-14H2,1-5H3/b25-16+/t26-,31-,32-/m1/s1. The van der Waals surface area contributed by atoms with Gasteiger partial charge in [-0.25, -0.2) is 4.40 Å². The maximum absolute atomic E-state index is 14.4. The Hall–Kier alpha value is -3.52. The minimum Gasteiger partial charge on any atom is -0.504 e. The minimum absolute atomic E-state index is 0.0264. The third-order valence-corrected chi connectivity index (χ3v) is 10.5. The molecule has 40 heavy (non-hydrogen) atoms. The number of carbonyl (C=O) groups is 1. The van der Waals surface area contributed by atoms with Crippen molar-refractivity contribution < 1.29 is 14.6 Å². The Labute approximate surface area is 237 Å². The van der Waals surface area contributed by atoms with E-state index in [9.17, 15) is 14.7 Å². The van der Waals surface area contributed by atoms with Gasteiger partial charge >= 0.3 is 0 Å². The molecule has 2 aliphatic carbocycles. The largest absolute Gasteiger partial charge is 0.504 e. The van der Waals surface area contributed by atoms with Crippen LogP contribution < -0.4 is 14.8 Å². The molecule has 8 heteroatoms. The van der Waals surface area contributed by atoms with Crippen molar-refractivity contribution in [1.29, 1.82) is 0 Å². The Morgan fingerprint density at radius 3 is 2.73 bits per heavy atom. The molecule has 0 unspecified atom stereocenters. The van der Waals surface area contributed by atoms with Crippen LogP contribution in [0.1, 0.15) is 92.2 Å². The summed E-state index contributed by atoms with van der Waals surface area (Å²) in [4.78, 5) is 28.3. The molecular weight excluding hydrogens is 522 g/mol. The van der Waals surface area contributed by atoms with Gasteiger partial charge in [-0.3, -0.25) is 9.59 Å². The first-order chi connectivity index (χ1) is 19.1. The molecule has 2 aromatic heterocycles. The molecule has 1 N–H and O–H groups in total. The summed E-state index contributed by atoms with van der Waals surface area (Å²) in [7, 11) is 1.48. The monoisotopic (exact) mass is 557 g/mol. The number of carbonyl (C=O) groups excluding carboxylic acids is 1. The number of phenolic OH excluding ortho intramolecular Hbond substituents is 1.